The number of benzene rings is 1. The van der Waals surface area contributed by atoms with E-state index in [-0.39, 0.29) is 67.2 Å². The second kappa shape index (κ2) is 39.2. The molecule has 8 rings (SSSR count). The predicted octanol–water partition coefficient (Wildman–Crippen LogP) is 3.43. The van der Waals surface area contributed by atoms with Crippen molar-refractivity contribution in [1.29, 1.82) is 0 Å². The molecule has 0 saturated carbocycles. The Hall–Kier alpha value is -2.41. The largest absolute Gasteiger partial charge is 0.460 e. The third kappa shape index (κ3) is 34.1. The summed E-state index contributed by atoms with van der Waals surface area (Å²) in [5, 5.41) is 0. The molecule has 0 amide bonds. The Morgan fingerprint density at radius 1 is 0.506 bits per heavy atom. The Labute approximate surface area is 467 Å². The Morgan fingerprint density at radius 2 is 0.899 bits per heavy atom. The molecule has 12 atom stereocenters. The van der Waals surface area contributed by atoms with Gasteiger partial charge in [0.15, 0.2) is 18.9 Å². The topological polar surface area (TPSA) is 243 Å². The van der Waals surface area contributed by atoms with Crippen LogP contribution in [0.15, 0.2) is 36.4 Å². The van der Waals surface area contributed by atoms with Crippen LogP contribution >= 0.6 is 0 Å². The van der Waals surface area contributed by atoms with E-state index >= 15 is 0 Å². The van der Waals surface area contributed by atoms with E-state index in [9.17, 15) is 4.79 Å². The molecule has 7 aliphatic heterocycles. The summed E-state index contributed by atoms with van der Waals surface area (Å²) in [6.45, 7) is 17.7. The first-order valence-corrected chi connectivity index (χ1v) is 28.1. The summed E-state index contributed by atoms with van der Waals surface area (Å²) in [4.78, 5) is 11.3. The number of hydrogen-bond acceptors (Lipinski definition) is 23. The first-order chi connectivity index (χ1) is 38.7. The molecule has 0 spiro atoms. The van der Waals surface area contributed by atoms with Crippen LogP contribution in [-0.4, -0.2) is 266 Å². The quantitative estimate of drug-likeness (QED) is 0.0298. The zero-order valence-electron chi connectivity index (χ0n) is 47.4. The summed E-state index contributed by atoms with van der Waals surface area (Å²) >= 11 is 0. The lowest BCUT2D eigenvalue weighted by Crippen LogP contribution is -2.44. The fraction of sp³-hybridized carbons (Fsp3) is 0.839. The molecule has 12 unspecified atom stereocenters. The molecular weight excluding hydrogens is 1040 g/mol. The minimum absolute atomic E-state index is 0.0158. The number of carbonyl (C=O) groups excluding carboxylic acids is 1. The third-order valence-electron chi connectivity index (χ3n) is 12.7. The Morgan fingerprint density at radius 3 is 1.30 bits per heavy atom. The number of ether oxygens (including phenoxy) is 22. The summed E-state index contributed by atoms with van der Waals surface area (Å²) in [5.41, 5.74) is 0.389. The van der Waals surface area contributed by atoms with E-state index in [1.807, 2.05) is 44.2 Å². The van der Waals surface area contributed by atoms with E-state index in [0.717, 1.165) is 64.7 Å². The number of carbonyl (C=O) groups is 1. The second-order valence-electron chi connectivity index (χ2n) is 20.2. The third-order valence-corrected chi connectivity index (χ3v) is 12.7. The Kier molecular flexibility index (Phi) is 32.6. The maximum atomic E-state index is 11.3. The summed E-state index contributed by atoms with van der Waals surface area (Å²) in [7, 11) is 4.90. The van der Waals surface area contributed by atoms with E-state index < -0.39 is 18.0 Å². The van der Waals surface area contributed by atoms with Crippen molar-refractivity contribution in [2.75, 3.05) is 187 Å². The zero-order chi connectivity index (χ0) is 55.6. The van der Waals surface area contributed by atoms with Crippen LogP contribution in [0.3, 0.4) is 0 Å². The normalized spacial score (nSPS) is 25.6. The molecule has 1 aromatic rings. The molecule has 0 bridgehead atoms. The van der Waals surface area contributed by atoms with Crippen molar-refractivity contribution in [2.45, 2.75) is 113 Å². The van der Waals surface area contributed by atoms with Crippen molar-refractivity contribution in [3.63, 3.8) is 0 Å². The number of rotatable bonds is 49. The van der Waals surface area contributed by atoms with Gasteiger partial charge in [0.05, 0.1) is 195 Å². The van der Waals surface area contributed by atoms with Gasteiger partial charge in [0, 0.05) is 46.7 Å². The van der Waals surface area contributed by atoms with Gasteiger partial charge in [-0.25, -0.2) is 4.79 Å². The first kappa shape index (κ1) is 65.7. The van der Waals surface area contributed by atoms with E-state index in [4.69, 9.17) is 104 Å². The van der Waals surface area contributed by atoms with Gasteiger partial charge in [-0.05, 0) is 25.0 Å². The molecule has 23 heteroatoms. The minimum Gasteiger partial charge on any atom is -0.460 e. The molecule has 23 nitrogen and oxygen atoms in total. The summed E-state index contributed by atoms with van der Waals surface area (Å²) in [6.07, 6.45) is 6.42. The van der Waals surface area contributed by atoms with Crippen molar-refractivity contribution in [3.8, 4) is 0 Å². The lowest BCUT2D eigenvalue weighted by Gasteiger charge is -2.35. The van der Waals surface area contributed by atoms with Gasteiger partial charge in [-0.15, -0.1) is 0 Å². The molecule has 7 aliphatic rings. The van der Waals surface area contributed by atoms with Crippen LogP contribution in [0.1, 0.15) is 45.1 Å². The molecular formula is C56H92O23. The molecule has 7 saturated heterocycles. The smallest absolute Gasteiger partial charge is 0.331 e. The Balaban J connectivity index is 0.000000209. The lowest BCUT2D eigenvalue weighted by atomic mass is 9.92. The van der Waals surface area contributed by atoms with Gasteiger partial charge in [0.1, 0.15) is 30.5 Å². The maximum absolute atomic E-state index is 11.3. The predicted molar refractivity (Wildman–Crippen MR) is 282 cm³/mol. The highest BCUT2D eigenvalue weighted by molar-refractivity contribution is 5.87. The summed E-state index contributed by atoms with van der Waals surface area (Å²) < 4.78 is 122. The molecule has 0 N–H and O–H groups in total. The average molecular weight is 1130 g/mol. The summed E-state index contributed by atoms with van der Waals surface area (Å²) in [5.74, 6) is -0.284. The molecule has 7 heterocycles. The molecule has 0 aromatic heterocycles. The molecule has 454 valence electrons. The van der Waals surface area contributed by atoms with Crippen LogP contribution in [-0.2, 0) is 109 Å². The van der Waals surface area contributed by atoms with Gasteiger partial charge in [-0.3, -0.25) is 0 Å². The summed E-state index contributed by atoms with van der Waals surface area (Å²) in [6, 6.07) is 9.67. The van der Waals surface area contributed by atoms with Crippen LogP contribution in [0.2, 0.25) is 0 Å². The van der Waals surface area contributed by atoms with Crippen LogP contribution in [0.25, 0.3) is 6.08 Å². The van der Waals surface area contributed by atoms with Crippen molar-refractivity contribution in [2.24, 2.45) is 5.41 Å². The van der Waals surface area contributed by atoms with E-state index in [1.54, 1.807) is 27.4 Å². The maximum Gasteiger partial charge on any atom is 0.331 e. The van der Waals surface area contributed by atoms with Crippen LogP contribution in [0, 0.1) is 5.41 Å². The average Bonchev–Trinajstić information content (AvgIpc) is 4.26. The first-order valence-electron chi connectivity index (χ1n) is 28.1. The SMILES string of the molecule is CCC(C)OC(=O)/C=C/c1ccccc1.COC(CC1CO1)OCC(COCCOCC1CO1)(COCCOCC1CO1)COC(CC1CO1)OC.COC(CC1CO1)OCC(COCCOCC1CO1)OCCOCC1CO1. The molecule has 7 fully saturated rings. The van der Waals surface area contributed by atoms with Gasteiger partial charge in [-0.2, -0.15) is 0 Å². The molecule has 1 aromatic carbocycles. The van der Waals surface area contributed by atoms with Gasteiger partial charge in [0.25, 0.3) is 0 Å². The number of epoxide rings is 7. The standard InChI is InChI=1S/C25H44O12.C18H32O9.C13H16O2/c1-26-23(7-19-11-32-19)36-17-25(15-30-5-3-28-9-21-13-34-21,16-31-6-4-29-10-22-14-35-22)18-37-24(27-2)8-20-12-33-20;1-19-18(6-14-10-24-14)27-13-15(23-5-4-22-9-17-12-26-17)7-20-2-3-21-8-16-11-25-16;1-3-11(2)15-13(14)10-9-12-7-5-4-6-8-12/h19-24H,3-18H2,1-2H3;14-18H,2-13H2,1H3;4-11H,3H2,1-2H3/b;;10-9+. The van der Waals surface area contributed by atoms with Gasteiger partial charge < -0.3 is 104 Å². The number of esters is 1. The van der Waals surface area contributed by atoms with Crippen molar-refractivity contribution in [3.05, 3.63) is 42.0 Å². The number of hydrogen-bond donors (Lipinski definition) is 0. The highest BCUT2D eigenvalue weighted by Crippen LogP contribution is 2.27. The zero-order valence-corrected chi connectivity index (χ0v) is 47.4. The lowest BCUT2D eigenvalue weighted by molar-refractivity contribution is -0.206. The minimum atomic E-state index is -0.610. The fourth-order valence-corrected chi connectivity index (χ4v) is 7.09. The monoisotopic (exact) mass is 1130 g/mol. The molecule has 0 radical (unpaired) electrons. The van der Waals surface area contributed by atoms with Crippen molar-refractivity contribution >= 4 is 12.0 Å². The van der Waals surface area contributed by atoms with Crippen molar-refractivity contribution < 1.29 is 109 Å². The van der Waals surface area contributed by atoms with Crippen LogP contribution < -0.4 is 0 Å². The highest BCUT2D eigenvalue weighted by Gasteiger charge is 2.38. The van der Waals surface area contributed by atoms with Crippen LogP contribution in [0.4, 0.5) is 0 Å². The Bertz CT molecular complexity index is 1650. The van der Waals surface area contributed by atoms with E-state index in [1.165, 1.54) is 6.08 Å². The molecule has 0 aliphatic carbocycles. The van der Waals surface area contributed by atoms with Crippen molar-refractivity contribution in [1.82, 2.24) is 0 Å². The van der Waals surface area contributed by atoms with E-state index in [0.29, 0.717) is 132 Å². The highest BCUT2D eigenvalue weighted by atomic mass is 16.7. The second-order valence-corrected chi connectivity index (χ2v) is 20.2. The van der Waals surface area contributed by atoms with Crippen LogP contribution in [0.5, 0.6) is 0 Å². The fourth-order valence-electron chi connectivity index (χ4n) is 7.09. The number of methoxy groups -OCH3 is 3. The van der Waals surface area contributed by atoms with E-state index in [2.05, 4.69) is 0 Å². The van der Waals surface area contributed by atoms with Gasteiger partial charge in [0.2, 0.25) is 0 Å². The van der Waals surface area contributed by atoms with Gasteiger partial charge in [-0.1, -0.05) is 37.3 Å². The molecule has 79 heavy (non-hydrogen) atoms. The van der Waals surface area contributed by atoms with Gasteiger partial charge >= 0.3 is 5.97 Å².